The molecule has 0 radical (unpaired) electrons. The third kappa shape index (κ3) is 8.69. The van der Waals surface area contributed by atoms with Crippen molar-refractivity contribution in [3.63, 3.8) is 0 Å². The van der Waals surface area contributed by atoms with Crippen LogP contribution < -0.4 is 16.2 Å². The van der Waals surface area contributed by atoms with Crippen LogP contribution in [0.4, 0.5) is 0 Å². The molecule has 3 aliphatic carbocycles. The molecule has 3 aliphatic rings. The number of phenolic OH excluding ortho intramolecular Hbond substituents is 1. The predicted molar refractivity (Wildman–Crippen MR) is 178 cm³/mol. The van der Waals surface area contributed by atoms with Crippen LogP contribution in [0.25, 0.3) is 0 Å². The number of hydrogen-bond acceptors (Lipinski definition) is 5. The van der Waals surface area contributed by atoms with Gasteiger partial charge in [0.05, 0.1) is 18.2 Å². The number of aromatic hydroxyl groups is 1. The van der Waals surface area contributed by atoms with Crippen LogP contribution >= 0.6 is 0 Å². The monoisotopic (exact) mass is 603 g/mol. The molecule has 7 heteroatoms. The van der Waals surface area contributed by atoms with Gasteiger partial charge in [0, 0.05) is 37.0 Å². The molecular weight excluding hydrogens is 550 g/mol. The van der Waals surface area contributed by atoms with E-state index in [4.69, 9.17) is 20.9 Å². The molecule has 7 nitrogen and oxygen atoms in total. The highest BCUT2D eigenvalue weighted by atomic mass is 16.5. The Morgan fingerprint density at radius 1 is 1.23 bits per heavy atom. The number of hydrogen-bond donors (Lipinski definition) is 3. The van der Waals surface area contributed by atoms with Crippen LogP contribution in [0.15, 0.2) is 35.4 Å². The van der Waals surface area contributed by atoms with Gasteiger partial charge in [0.25, 0.3) is 0 Å². The summed E-state index contributed by atoms with van der Waals surface area (Å²) >= 11 is 0. The van der Waals surface area contributed by atoms with Crippen LogP contribution in [0.1, 0.15) is 114 Å². The molecule has 1 saturated carbocycles. The SMILES string of the molecule is CCCC=CC(=O)CCc1cc(OC2CCCC2)c(O)c2c1C#CC[C@@H](N=C(N)N)[C@@H]1C=C[C@H](OC)[C@H](C1)[C@@H]2CCC(C)C. The molecule has 5 N–H and O–H groups in total. The van der Waals surface area contributed by atoms with Crippen molar-refractivity contribution in [3.8, 4) is 23.3 Å². The fourth-order valence-corrected chi connectivity index (χ4v) is 7.09. The molecule has 0 saturated heterocycles. The van der Waals surface area contributed by atoms with E-state index in [2.05, 4.69) is 49.8 Å². The van der Waals surface area contributed by atoms with Gasteiger partial charge in [0.15, 0.2) is 23.2 Å². The van der Waals surface area contributed by atoms with Crippen LogP contribution in [0.2, 0.25) is 0 Å². The maximum absolute atomic E-state index is 12.9. The number of guanidine groups is 1. The van der Waals surface area contributed by atoms with Gasteiger partial charge in [-0.25, -0.2) is 4.99 Å². The lowest BCUT2D eigenvalue weighted by molar-refractivity contribution is -0.114. The second kappa shape index (κ2) is 16.2. The summed E-state index contributed by atoms with van der Waals surface area (Å²) < 4.78 is 12.6. The van der Waals surface area contributed by atoms with Crippen molar-refractivity contribution >= 4 is 11.7 Å². The number of benzene rings is 1. The van der Waals surface area contributed by atoms with E-state index in [0.29, 0.717) is 30.9 Å². The Balaban J connectivity index is 1.90. The molecule has 1 aromatic carbocycles. The third-order valence-electron chi connectivity index (χ3n) is 9.44. The van der Waals surface area contributed by atoms with Gasteiger partial charge in [-0.1, -0.05) is 63.7 Å². The van der Waals surface area contributed by atoms with Crippen LogP contribution in [0, 0.1) is 29.6 Å². The van der Waals surface area contributed by atoms with Crippen LogP contribution in [0.3, 0.4) is 0 Å². The van der Waals surface area contributed by atoms with Gasteiger partial charge in [0.2, 0.25) is 0 Å². The number of nitrogens with two attached hydrogens (primary N) is 2. The maximum Gasteiger partial charge on any atom is 0.186 e. The summed E-state index contributed by atoms with van der Waals surface area (Å²) in [7, 11) is 1.75. The zero-order valence-electron chi connectivity index (χ0n) is 27.2. The molecule has 4 rings (SSSR count). The van der Waals surface area contributed by atoms with Crippen molar-refractivity contribution in [2.45, 2.75) is 122 Å². The number of fused-ring (bicyclic) bond motifs is 3. The summed E-state index contributed by atoms with van der Waals surface area (Å²) in [6.45, 7) is 6.57. The van der Waals surface area contributed by atoms with Gasteiger partial charge < -0.3 is 26.0 Å². The molecule has 0 aliphatic heterocycles. The minimum absolute atomic E-state index is 0.0388. The Morgan fingerprint density at radius 3 is 2.68 bits per heavy atom. The minimum Gasteiger partial charge on any atom is -0.504 e. The Labute approximate surface area is 264 Å². The van der Waals surface area contributed by atoms with Gasteiger partial charge in [0.1, 0.15) is 0 Å². The lowest BCUT2D eigenvalue weighted by Crippen LogP contribution is -2.37. The van der Waals surface area contributed by atoms with Gasteiger partial charge in [-0.3, -0.25) is 4.79 Å². The van der Waals surface area contributed by atoms with Crippen molar-refractivity contribution in [3.05, 3.63) is 47.1 Å². The molecule has 1 aromatic rings. The Bertz CT molecular complexity index is 1280. The van der Waals surface area contributed by atoms with Gasteiger partial charge in [-0.2, -0.15) is 0 Å². The number of ether oxygens (including phenoxy) is 2. The van der Waals surface area contributed by atoms with Crippen molar-refractivity contribution < 1.29 is 19.4 Å². The zero-order chi connectivity index (χ0) is 31.6. The number of ketones is 1. The summed E-state index contributed by atoms with van der Waals surface area (Å²) in [5.74, 6) is 8.33. The fraction of sp³-hybridized carbons (Fsp3) is 0.622. The number of phenols is 1. The molecule has 2 bridgehead atoms. The average Bonchev–Trinajstić information content (AvgIpc) is 3.51. The summed E-state index contributed by atoms with van der Waals surface area (Å²) in [6, 6.07) is 1.77. The topological polar surface area (TPSA) is 120 Å². The standard InChI is InChI=1S/C37H53N3O4/c1-5-6-7-11-27(41)19-17-25-23-34(44-28-12-8-9-13-28)36(42)35-29(25)14-10-15-32(40-37(38)39)26-18-21-33(43-4)31(22-26)30(35)20-16-24(2)3/h7,11,18,21,23-24,26,28,30-33,42H,5-6,8-9,12-13,15-17,19-20,22H2,1-4H3,(H4,38,39,40)/t26-,30+,31-,32-,33+/m1/s1. The number of rotatable bonds is 13. The van der Waals surface area contributed by atoms with Crippen LogP contribution in [-0.4, -0.2) is 42.2 Å². The first-order valence-electron chi connectivity index (χ1n) is 16.7. The van der Waals surface area contributed by atoms with E-state index in [1.807, 2.05) is 12.1 Å². The second-order valence-corrected chi connectivity index (χ2v) is 13.2. The average molecular weight is 604 g/mol. The number of nitrogens with zero attached hydrogens (tertiary/aromatic N) is 1. The van der Waals surface area contributed by atoms with E-state index in [-0.39, 0.29) is 53.5 Å². The highest BCUT2D eigenvalue weighted by molar-refractivity contribution is 5.89. The summed E-state index contributed by atoms with van der Waals surface area (Å²) in [5.41, 5.74) is 14.4. The Hall–Kier alpha value is -3.24. The van der Waals surface area contributed by atoms with E-state index in [1.54, 1.807) is 13.2 Å². The smallest absolute Gasteiger partial charge is 0.186 e. The highest BCUT2D eigenvalue weighted by Gasteiger charge is 2.40. The first kappa shape index (κ1) is 33.6. The number of aryl methyl sites for hydroxylation is 1. The molecule has 0 aromatic heterocycles. The molecule has 44 heavy (non-hydrogen) atoms. The van der Waals surface area contributed by atoms with Crippen LogP contribution in [0.5, 0.6) is 11.5 Å². The number of allylic oxidation sites excluding steroid dienone is 2. The van der Waals surface area contributed by atoms with Crippen molar-refractivity contribution in [1.82, 2.24) is 0 Å². The van der Waals surface area contributed by atoms with Gasteiger partial charge >= 0.3 is 0 Å². The van der Waals surface area contributed by atoms with E-state index >= 15 is 0 Å². The lowest BCUT2D eigenvalue weighted by Gasteiger charge is -2.40. The number of aliphatic imine (C=N–C) groups is 1. The molecule has 0 amide bonds. The van der Waals surface area contributed by atoms with Gasteiger partial charge in [-0.15, -0.1) is 0 Å². The van der Waals surface area contributed by atoms with E-state index in [1.165, 1.54) is 0 Å². The molecule has 0 heterocycles. The largest absolute Gasteiger partial charge is 0.504 e. The van der Waals surface area contributed by atoms with E-state index < -0.39 is 0 Å². The summed E-state index contributed by atoms with van der Waals surface area (Å²) in [5, 5.41) is 12.1. The first-order chi connectivity index (χ1) is 21.2. The number of carbonyl (C=O) groups excluding carboxylic acids is 1. The van der Waals surface area contributed by atoms with Crippen molar-refractivity contribution in [2.24, 2.45) is 34.2 Å². The number of methoxy groups -OCH3 is 1. The molecule has 240 valence electrons. The summed E-state index contributed by atoms with van der Waals surface area (Å²) in [4.78, 5) is 17.5. The molecular formula is C37H53N3O4. The Morgan fingerprint density at radius 2 is 2.00 bits per heavy atom. The molecule has 1 fully saturated rings. The van der Waals surface area contributed by atoms with E-state index in [0.717, 1.165) is 74.5 Å². The highest BCUT2D eigenvalue weighted by Crippen LogP contribution is 2.49. The minimum atomic E-state index is -0.177. The summed E-state index contributed by atoms with van der Waals surface area (Å²) in [6.07, 6.45) is 18.1. The zero-order valence-corrected chi connectivity index (χ0v) is 27.2. The molecule has 0 unspecified atom stereocenters. The molecule has 0 spiro atoms. The van der Waals surface area contributed by atoms with Crippen molar-refractivity contribution in [2.75, 3.05) is 7.11 Å². The second-order valence-electron chi connectivity index (χ2n) is 13.2. The lowest BCUT2D eigenvalue weighted by atomic mass is 9.68. The quantitative estimate of drug-likeness (QED) is 0.0759. The fourth-order valence-electron chi connectivity index (χ4n) is 7.09. The number of carbonyl (C=O) groups is 1. The first-order valence-corrected chi connectivity index (χ1v) is 16.7. The molecule has 5 atom stereocenters. The van der Waals surface area contributed by atoms with E-state index in [9.17, 15) is 9.90 Å². The third-order valence-corrected chi connectivity index (χ3v) is 9.44. The van der Waals surface area contributed by atoms with Crippen LogP contribution in [-0.2, 0) is 16.0 Å². The van der Waals surface area contributed by atoms with Gasteiger partial charge in [-0.05, 0) is 86.8 Å². The maximum atomic E-state index is 12.9. The predicted octanol–water partition coefficient (Wildman–Crippen LogP) is 6.70. The normalized spacial score (nSPS) is 25.0. The van der Waals surface area contributed by atoms with Crippen molar-refractivity contribution in [1.29, 1.82) is 0 Å². The number of unbranched alkanes of at least 4 members (excludes halogenated alkanes) is 1. The Kier molecular flexibility index (Phi) is 12.4.